The van der Waals surface area contributed by atoms with Crippen LogP contribution in [0.1, 0.15) is 37.0 Å². The summed E-state index contributed by atoms with van der Waals surface area (Å²) >= 11 is 0. The van der Waals surface area contributed by atoms with Crippen LogP contribution < -0.4 is 15.4 Å². The Morgan fingerprint density at radius 2 is 1.78 bits per heavy atom. The second-order valence-corrected chi connectivity index (χ2v) is 9.85. The molecule has 3 heterocycles. The van der Waals surface area contributed by atoms with Crippen LogP contribution >= 0.6 is 0 Å². The number of hydrogen-bond acceptors (Lipinski definition) is 6. The first kappa shape index (κ1) is 24.7. The van der Waals surface area contributed by atoms with Gasteiger partial charge in [-0.2, -0.15) is 0 Å². The maximum Gasteiger partial charge on any atom is 0.261 e. The minimum atomic E-state index is -0.359. The molecule has 0 N–H and O–H groups in total. The Balaban J connectivity index is 1.38. The number of aromatic nitrogens is 4. The number of rotatable bonds is 6. The monoisotopic (exact) mass is 502 g/mol. The molecule has 37 heavy (non-hydrogen) atoms. The second kappa shape index (κ2) is 10.2. The smallest absolute Gasteiger partial charge is 0.261 e. The molecule has 0 unspecified atom stereocenters. The highest BCUT2D eigenvalue weighted by molar-refractivity contribution is 5.83. The summed E-state index contributed by atoms with van der Waals surface area (Å²) in [5.74, 6) is 0.445. The molecule has 9 heteroatoms. The predicted molar refractivity (Wildman–Crippen MR) is 143 cm³/mol. The van der Waals surface area contributed by atoms with Gasteiger partial charge in [-0.1, -0.05) is 38.1 Å². The van der Waals surface area contributed by atoms with E-state index in [0.717, 1.165) is 48.5 Å². The minimum absolute atomic E-state index is 0.117. The van der Waals surface area contributed by atoms with Crippen molar-refractivity contribution in [2.75, 3.05) is 29.9 Å². The molecule has 5 rings (SSSR count). The van der Waals surface area contributed by atoms with Crippen LogP contribution in [0.4, 0.5) is 16.3 Å². The van der Waals surface area contributed by atoms with Crippen molar-refractivity contribution in [3.8, 4) is 0 Å². The average molecular weight is 503 g/mol. The lowest BCUT2D eigenvalue weighted by molar-refractivity contribution is 0.0850. The van der Waals surface area contributed by atoms with Gasteiger partial charge in [0.05, 0.1) is 17.6 Å². The van der Waals surface area contributed by atoms with Crippen LogP contribution in [0.25, 0.3) is 11.0 Å². The first-order chi connectivity index (χ1) is 17.8. The number of para-hydroxylation sites is 2. The Labute approximate surface area is 215 Å². The number of halogens is 1. The number of anilines is 2. The van der Waals surface area contributed by atoms with Gasteiger partial charge in [0, 0.05) is 44.4 Å². The van der Waals surface area contributed by atoms with Gasteiger partial charge in [-0.25, -0.2) is 18.9 Å². The standard InChI is InChI=1S/C28H31FN6O2/c1-19(2)26(37)35-25(36)12-15-30-27(35)32(3)22-13-16-33(17-14-22)28-31-23-6-4-5-7-24(23)34(28)18-20-8-10-21(29)11-9-20/h4-12,15,19,22H,13-14,16-18H2,1-3H3. The third-order valence-electron chi connectivity index (χ3n) is 7.04. The lowest BCUT2D eigenvalue weighted by Gasteiger charge is -2.38. The summed E-state index contributed by atoms with van der Waals surface area (Å²) in [7, 11) is 1.90. The molecule has 4 aromatic rings. The third kappa shape index (κ3) is 4.85. The molecule has 1 aliphatic heterocycles. The minimum Gasteiger partial charge on any atom is -0.342 e. The van der Waals surface area contributed by atoms with E-state index in [4.69, 9.17) is 4.98 Å². The maximum atomic E-state index is 13.5. The Morgan fingerprint density at radius 1 is 1.08 bits per heavy atom. The summed E-state index contributed by atoms with van der Waals surface area (Å²) in [5.41, 5.74) is 2.60. The summed E-state index contributed by atoms with van der Waals surface area (Å²) in [6.45, 7) is 5.67. The Kier molecular flexibility index (Phi) is 6.78. The highest BCUT2D eigenvalue weighted by Crippen LogP contribution is 2.28. The molecule has 0 bridgehead atoms. The molecule has 0 saturated carbocycles. The molecule has 0 radical (unpaired) electrons. The van der Waals surface area contributed by atoms with Crippen LogP contribution in [0.3, 0.4) is 0 Å². The van der Waals surface area contributed by atoms with E-state index in [1.807, 2.05) is 30.1 Å². The quantitative estimate of drug-likeness (QED) is 0.394. The van der Waals surface area contributed by atoms with E-state index >= 15 is 0 Å². The zero-order valence-corrected chi connectivity index (χ0v) is 21.3. The molecule has 1 fully saturated rings. The molecule has 2 aromatic carbocycles. The molecule has 1 aliphatic rings. The third-order valence-corrected chi connectivity index (χ3v) is 7.04. The average Bonchev–Trinajstić information content (AvgIpc) is 3.27. The van der Waals surface area contributed by atoms with Crippen molar-refractivity contribution in [2.45, 2.75) is 39.3 Å². The molecular weight excluding hydrogens is 471 g/mol. The molecule has 0 aliphatic carbocycles. The number of fused-ring (bicyclic) bond motifs is 1. The first-order valence-corrected chi connectivity index (χ1v) is 12.6. The van der Waals surface area contributed by atoms with E-state index in [9.17, 15) is 14.0 Å². The summed E-state index contributed by atoms with van der Waals surface area (Å²) in [5, 5.41) is 0. The van der Waals surface area contributed by atoms with Crippen LogP contribution in [0.5, 0.6) is 0 Å². The highest BCUT2D eigenvalue weighted by atomic mass is 19.1. The fraction of sp³-hybridized carbons (Fsp3) is 0.357. The number of benzene rings is 2. The van der Waals surface area contributed by atoms with Gasteiger partial charge < -0.3 is 14.4 Å². The number of carbonyl (C=O) groups is 1. The number of imidazole rings is 1. The summed E-state index contributed by atoms with van der Waals surface area (Å²) in [6.07, 6.45) is 3.10. The number of carbonyl (C=O) groups excluding carboxylic acids is 1. The van der Waals surface area contributed by atoms with Crippen molar-refractivity contribution in [1.29, 1.82) is 0 Å². The van der Waals surface area contributed by atoms with Gasteiger partial charge in [0.2, 0.25) is 17.8 Å². The summed E-state index contributed by atoms with van der Waals surface area (Å²) < 4.78 is 16.8. The Bertz CT molecular complexity index is 1470. The lowest BCUT2D eigenvalue weighted by atomic mass is 10.0. The van der Waals surface area contributed by atoms with Gasteiger partial charge in [0.15, 0.2) is 0 Å². The zero-order valence-electron chi connectivity index (χ0n) is 21.3. The lowest BCUT2D eigenvalue weighted by Crippen LogP contribution is -2.46. The molecular formula is C28H31FN6O2. The zero-order chi connectivity index (χ0) is 26.1. The molecule has 0 spiro atoms. The van der Waals surface area contributed by atoms with Gasteiger partial charge in [-0.05, 0) is 42.7 Å². The van der Waals surface area contributed by atoms with Crippen LogP contribution in [-0.2, 0) is 6.54 Å². The fourth-order valence-electron chi connectivity index (χ4n) is 4.96. The maximum absolute atomic E-state index is 13.5. The van der Waals surface area contributed by atoms with Crippen molar-refractivity contribution in [3.63, 3.8) is 0 Å². The molecule has 2 aromatic heterocycles. The van der Waals surface area contributed by atoms with Crippen molar-refractivity contribution in [1.82, 2.24) is 19.1 Å². The van der Waals surface area contributed by atoms with E-state index in [1.54, 1.807) is 26.0 Å². The molecule has 0 atom stereocenters. The van der Waals surface area contributed by atoms with Gasteiger partial charge >= 0.3 is 0 Å². The van der Waals surface area contributed by atoms with Gasteiger partial charge in [-0.15, -0.1) is 0 Å². The molecule has 0 amide bonds. The van der Waals surface area contributed by atoms with Crippen LogP contribution in [-0.4, -0.2) is 51.2 Å². The van der Waals surface area contributed by atoms with E-state index in [-0.39, 0.29) is 29.2 Å². The molecule has 8 nitrogen and oxygen atoms in total. The highest BCUT2D eigenvalue weighted by Gasteiger charge is 2.29. The van der Waals surface area contributed by atoms with Crippen molar-refractivity contribution in [2.24, 2.45) is 5.92 Å². The van der Waals surface area contributed by atoms with E-state index < -0.39 is 0 Å². The van der Waals surface area contributed by atoms with Gasteiger partial charge in [-0.3, -0.25) is 9.59 Å². The second-order valence-electron chi connectivity index (χ2n) is 9.85. The van der Waals surface area contributed by atoms with Crippen molar-refractivity contribution in [3.05, 3.63) is 82.5 Å². The van der Waals surface area contributed by atoms with Crippen LogP contribution in [0, 0.1) is 11.7 Å². The number of nitrogens with zero attached hydrogens (tertiary/aromatic N) is 6. The van der Waals surface area contributed by atoms with E-state index in [2.05, 4.69) is 20.5 Å². The van der Waals surface area contributed by atoms with Crippen LogP contribution in [0.2, 0.25) is 0 Å². The molecule has 1 saturated heterocycles. The SMILES string of the molecule is CC(C)C(=O)n1c(N(C)C2CCN(c3nc4ccccc4n3Cc3ccc(F)cc3)CC2)nccc1=O. The normalized spacial score (nSPS) is 14.5. The van der Waals surface area contributed by atoms with Crippen molar-refractivity contribution >= 4 is 28.8 Å². The summed E-state index contributed by atoms with van der Waals surface area (Å²) in [4.78, 5) is 38.9. The van der Waals surface area contributed by atoms with E-state index in [1.165, 1.54) is 29.0 Å². The first-order valence-electron chi connectivity index (χ1n) is 12.6. The predicted octanol–water partition coefficient (Wildman–Crippen LogP) is 4.18. The number of hydrogen-bond donors (Lipinski definition) is 0. The number of piperidine rings is 1. The van der Waals surface area contributed by atoms with Gasteiger partial charge in [0.25, 0.3) is 5.56 Å². The topological polar surface area (TPSA) is 76.3 Å². The van der Waals surface area contributed by atoms with Crippen molar-refractivity contribution < 1.29 is 9.18 Å². The Hall–Kier alpha value is -4.01. The van der Waals surface area contributed by atoms with Gasteiger partial charge in [0.1, 0.15) is 5.82 Å². The van der Waals surface area contributed by atoms with E-state index in [0.29, 0.717) is 12.5 Å². The summed E-state index contributed by atoms with van der Waals surface area (Å²) in [6, 6.07) is 16.1. The fourth-order valence-corrected chi connectivity index (χ4v) is 4.96. The molecule has 192 valence electrons. The Morgan fingerprint density at radius 3 is 2.49 bits per heavy atom. The van der Waals surface area contributed by atoms with Crippen LogP contribution in [0.15, 0.2) is 65.6 Å². The largest absolute Gasteiger partial charge is 0.342 e.